The van der Waals surface area contributed by atoms with Crippen LogP contribution >= 0.6 is 0 Å². The van der Waals surface area contributed by atoms with Crippen LogP contribution in [-0.2, 0) is 0 Å². The Kier molecular flexibility index (Phi) is 2.92. The number of hydrogen-bond donors (Lipinski definition) is 1. The van der Waals surface area contributed by atoms with Gasteiger partial charge in [0.2, 0.25) is 0 Å². The molecule has 0 aliphatic heterocycles. The molecule has 0 fully saturated rings. The Labute approximate surface area is 72.3 Å². The second kappa shape index (κ2) is 3.56. The molecule has 1 N–H and O–H groups in total. The first kappa shape index (κ1) is 9.03. The fraction of sp³-hybridized carbons (Fsp3) is 0.625. The molecule has 1 heterocycles. The van der Waals surface area contributed by atoms with E-state index in [0.717, 1.165) is 0 Å². The molecule has 0 aliphatic carbocycles. The van der Waals surface area contributed by atoms with Crippen LogP contribution in [0.15, 0.2) is 12.4 Å². The molecule has 1 aromatic heterocycles. The van der Waals surface area contributed by atoms with Gasteiger partial charge in [0.05, 0.1) is 0 Å². The van der Waals surface area contributed by atoms with E-state index >= 15 is 0 Å². The Morgan fingerprint density at radius 1 is 1.55 bits per heavy atom. The van der Waals surface area contributed by atoms with E-state index in [1.807, 2.05) is 12.4 Å². The number of aromatic nitrogens is 2. The summed E-state index contributed by atoms with van der Waals surface area (Å²) in [5.41, 5.74) is 0. The van der Waals surface area contributed by atoms with Crippen molar-refractivity contribution in [2.24, 2.45) is 0 Å². The molecule has 0 amide bonds. The van der Waals surface area contributed by atoms with Gasteiger partial charge < -0.3 is 0 Å². The van der Waals surface area contributed by atoms with Crippen molar-refractivity contribution in [3.8, 4) is 0 Å². The molecule has 66 valence electrons. The van der Waals surface area contributed by atoms with Crippen LogP contribution < -0.4 is 18.4 Å². The molecule has 0 aliphatic rings. The number of rotatable bonds is 3. The van der Waals surface area contributed by atoms with Crippen LogP contribution in [0.25, 0.3) is 0 Å². The van der Waals surface area contributed by atoms with Gasteiger partial charge in [-0.2, -0.15) is 0 Å². The summed E-state index contributed by atoms with van der Waals surface area (Å²) in [4.78, 5) is 12.4. The number of nitrogens with zero attached hydrogens (tertiary/aromatic N) is 1. The molecular formula is C8H16IN2-. The first-order chi connectivity index (χ1) is 5.17. The number of alkyl halides is 3. The third-order valence-corrected chi connectivity index (χ3v) is 8.74. The number of hydrogen-bond acceptors (Lipinski definition) is 1. The van der Waals surface area contributed by atoms with E-state index in [2.05, 4.69) is 26.8 Å². The number of halogens is 1. The van der Waals surface area contributed by atoms with Crippen LogP contribution in [0.3, 0.4) is 0 Å². The fourth-order valence-corrected chi connectivity index (χ4v) is 6.23. The molecule has 0 bridgehead atoms. The predicted octanol–water partition coefficient (Wildman–Crippen LogP) is -1.59. The van der Waals surface area contributed by atoms with E-state index in [-0.39, 0.29) is 0 Å². The number of nitrogens with one attached hydrogen (secondary N) is 1. The standard InChI is InChI=1S/C8H16IN2/c1-4-5-9(2,3)8-10-6-7-11-8/h6-7H,4-5H2,1-3H3,(H,10,11)/q-1. The monoisotopic (exact) mass is 267 g/mol. The van der Waals surface area contributed by atoms with Gasteiger partial charge in [-0.1, -0.05) is 0 Å². The number of imidazole rings is 1. The van der Waals surface area contributed by atoms with Gasteiger partial charge in [-0.25, -0.2) is 0 Å². The third kappa shape index (κ3) is 2.18. The summed E-state index contributed by atoms with van der Waals surface area (Å²) in [6, 6.07) is 0. The Morgan fingerprint density at radius 3 is 2.73 bits per heavy atom. The average Bonchev–Trinajstić information content (AvgIpc) is 2.37. The van der Waals surface area contributed by atoms with Gasteiger partial charge in [-0.3, -0.25) is 0 Å². The van der Waals surface area contributed by atoms with Gasteiger partial charge >= 0.3 is 72.3 Å². The Balaban J connectivity index is 2.73. The molecular weight excluding hydrogens is 251 g/mol. The molecule has 3 heteroatoms. The maximum absolute atomic E-state index is 4.33. The van der Waals surface area contributed by atoms with Crippen LogP contribution in [-0.4, -0.2) is 24.3 Å². The molecule has 0 unspecified atom stereocenters. The third-order valence-electron chi connectivity index (χ3n) is 1.61. The first-order valence-electron chi connectivity index (χ1n) is 3.77. The second-order valence-electron chi connectivity index (χ2n) is 2.99. The predicted molar refractivity (Wildman–Crippen MR) is 44.3 cm³/mol. The molecule has 0 aromatic carbocycles. The number of H-pyrrole nitrogens is 1. The van der Waals surface area contributed by atoms with E-state index in [0.29, 0.717) is 0 Å². The van der Waals surface area contributed by atoms with Crippen LogP contribution in [0.4, 0.5) is 0 Å². The first-order valence-corrected chi connectivity index (χ1v) is 10.7. The maximum atomic E-state index is 4.33. The van der Waals surface area contributed by atoms with Crippen molar-refractivity contribution in [2.75, 3.05) is 14.3 Å². The van der Waals surface area contributed by atoms with Crippen molar-refractivity contribution in [3.05, 3.63) is 16.2 Å². The second-order valence-corrected chi connectivity index (χ2v) is 13.2. The summed E-state index contributed by atoms with van der Waals surface area (Å²) in [7, 11) is 0. The summed E-state index contributed by atoms with van der Waals surface area (Å²) >= 11 is -1.61. The fourth-order valence-electron chi connectivity index (χ4n) is 1.09. The minimum atomic E-state index is -1.61. The minimum absolute atomic E-state index is 1.28. The van der Waals surface area contributed by atoms with Crippen molar-refractivity contribution >= 4 is 0 Å². The zero-order valence-electron chi connectivity index (χ0n) is 7.39. The molecule has 0 saturated heterocycles. The normalized spacial score (nSPS) is 13.4. The van der Waals surface area contributed by atoms with E-state index < -0.39 is 18.4 Å². The summed E-state index contributed by atoms with van der Waals surface area (Å²) < 4.78 is 2.64. The Bertz CT molecular complexity index is 204. The van der Waals surface area contributed by atoms with Gasteiger partial charge in [0.15, 0.2) is 0 Å². The van der Waals surface area contributed by atoms with E-state index in [4.69, 9.17) is 0 Å². The van der Waals surface area contributed by atoms with Crippen molar-refractivity contribution in [1.29, 1.82) is 0 Å². The summed E-state index contributed by atoms with van der Waals surface area (Å²) in [5, 5.41) is 0. The van der Waals surface area contributed by atoms with Crippen molar-refractivity contribution in [1.82, 2.24) is 9.97 Å². The van der Waals surface area contributed by atoms with Gasteiger partial charge in [-0.05, 0) is 0 Å². The summed E-state index contributed by atoms with van der Waals surface area (Å²) in [6.45, 7) is 2.24. The quantitative estimate of drug-likeness (QED) is 0.519. The van der Waals surface area contributed by atoms with E-state index in [9.17, 15) is 0 Å². The molecule has 0 spiro atoms. The van der Waals surface area contributed by atoms with Crippen molar-refractivity contribution in [3.63, 3.8) is 0 Å². The molecule has 2 nitrogen and oxygen atoms in total. The van der Waals surface area contributed by atoms with E-state index in [1.54, 1.807) is 0 Å². The average molecular weight is 267 g/mol. The number of aromatic amines is 1. The molecule has 0 atom stereocenters. The van der Waals surface area contributed by atoms with Crippen LogP contribution in [0, 0.1) is 3.83 Å². The van der Waals surface area contributed by atoms with Gasteiger partial charge in [0, 0.05) is 0 Å². The van der Waals surface area contributed by atoms with Crippen LogP contribution in [0.5, 0.6) is 0 Å². The Morgan fingerprint density at radius 2 is 2.27 bits per heavy atom. The Hall–Kier alpha value is -0.0600. The van der Waals surface area contributed by atoms with Crippen molar-refractivity contribution in [2.45, 2.75) is 13.3 Å². The molecule has 0 saturated carbocycles. The molecule has 0 radical (unpaired) electrons. The van der Waals surface area contributed by atoms with E-state index in [1.165, 1.54) is 14.7 Å². The van der Waals surface area contributed by atoms with Crippen molar-refractivity contribution < 1.29 is 18.4 Å². The van der Waals surface area contributed by atoms with Gasteiger partial charge in [0.25, 0.3) is 0 Å². The topological polar surface area (TPSA) is 28.7 Å². The van der Waals surface area contributed by atoms with Crippen LogP contribution in [0.1, 0.15) is 13.3 Å². The zero-order chi connectivity index (χ0) is 8.32. The molecule has 11 heavy (non-hydrogen) atoms. The van der Waals surface area contributed by atoms with Crippen LogP contribution in [0.2, 0.25) is 0 Å². The molecule has 1 aromatic rings. The van der Waals surface area contributed by atoms with Gasteiger partial charge in [0.1, 0.15) is 0 Å². The summed E-state index contributed by atoms with van der Waals surface area (Å²) in [6.07, 6.45) is 5.07. The SMILES string of the molecule is CCC[I-](C)(C)c1ncc[nH]1. The molecule has 1 rings (SSSR count). The zero-order valence-corrected chi connectivity index (χ0v) is 9.55. The summed E-state index contributed by atoms with van der Waals surface area (Å²) in [5.74, 6) is 0. The van der Waals surface area contributed by atoms with Gasteiger partial charge in [-0.15, -0.1) is 0 Å².